The van der Waals surface area contributed by atoms with E-state index in [0.29, 0.717) is 35.6 Å². The molecule has 9 nitrogen and oxygen atoms in total. The fourth-order valence-corrected chi connectivity index (χ4v) is 2.95. The first-order valence-electron chi connectivity index (χ1n) is 8.62. The van der Waals surface area contributed by atoms with Crippen molar-refractivity contribution in [1.29, 1.82) is 0 Å². The van der Waals surface area contributed by atoms with Gasteiger partial charge in [0.1, 0.15) is 0 Å². The number of hydrogen-bond acceptors (Lipinski definition) is 5. The molecule has 0 spiro atoms. The van der Waals surface area contributed by atoms with Gasteiger partial charge in [0, 0.05) is 42.8 Å². The Labute approximate surface area is 154 Å². The van der Waals surface area contributed by atoms with Crippen molar-refractivity contribution in [1.82, 2.24) is 19.4 Å². The lowest BCUT2D eigenvalue weighted by molar-refractivity contribution is 0.251. The number of hydrogen-bond donors (Lipinski definition) is 2. The normalized spacial score (nSPS) is 10.9. The van der Waals surface area contributed by atoms with E-state index in [1.165, 1.54) is 9.13 Å². The van der Waals surface area contributed by atoms with E-state index in [4.69, 9.17) is 4.42 Å². The second kappa shape index (κ2) is 7.48. The highest BCUT2D eigenvalue weighted by atomic mass is 16.4. The quantitative estimate of drug-likeness (QED) is 0.708. The number of nitrogens with zero attached hydrogens (tertiary/aromatic N) is 3. The number of carbonyl (C=O) groups is 1. The van der Waals surface area contributed by atoms with Gasteiger partial charge in [-0.2, -0.15) is 4.98 Å². The van der Waals surface area contributed by atoms with Crippen LogP contribution in [-0.4, -0.2) is 26.7 Å². The maximum absolute atomic E-state index is 12.1. The first-order valence-corrected chi connectivity index (χ1v) is 8.62. The Morgan fingerprint density at radius 3 is 2.67 bits per heavy atom. The number of carbonyl (C=O) groups excluding carboxylic acids is 1. The first kappa shape index (κ1) is 18.4. The Hall–Kier alpha value is -3.36. The van der Waals surface area contributed by atoms with Gasteiger partial charge in [0.15, 0.2) is 5.58 Å². The minimum Gasteiger partial charge on any atom is -0.408 e. The van der Waals surface area contributed by atoms with E-state index in [9.17, 15) is 14.4 Å². The Kier molecular flexibility index (Phi) is 5.11. The largest absolute Gasteiger partial charge is 0.419 e. The lowest BCUT2D eigenvalue weighted by Gasteiger charge is -2.11. The van der Waals surface area contributed by atoms with E-state index < -0.39 is 11.8 Å². The number of benzene rings is 1. The number of urea groups is 1. The van der Waals surface area contributed by atoms with Gasteiger partial charge in [-0.3, -0.25) is 9.13 Å². The minimum atomic E-state index is -0.429. The topological polar surface area (TPSA) is 111 Å². The zero-order valence-corrected chi connectivity index (χ0v) is 15.4. The van der Waals surface area contributed by atoms with Crippen LogP contribution in [0.1, 0.15) is 18.3 Å². The van der Waals surface area contributed by atoms with E-state index >= 15 is 0 Å². The molecule has 2 heterocycles. The van der Waals surface area contributed by atoms with Crippen molar-refractivity contribution in [3.05, 3.63) is 56.7 Å². The van der Waals surface area contributed by atoms with Gasteiger partial charge >= 0.3 is 17.5 Å². The van der Waals surface area contributed by atoms with Crippen LogP contribution in [0.15, 0.2) is 38.3 Å². The van der Waals surface area contributed by atoms with E-state index in [2.05, 4.69) is 15.6 Å². The van der Waals surface area contributed by atoms with Gasteiger partial charge in [-0.25, -0.2) is 14.4 Å². The van der Waals surface area contributed by atoms with Crippen molar-refractivity contribution in [2.75, 3.05) is 11.9 Å². The smallest absolute Gasteiger partial charge is 0.408 e. The van der Waals surface area contributed by atoms with Crippen molar-refractivity contribution in [2.45, 2.75) is 33.9 Å². The van der Waals surface area contributed by atoms with Crippen LogP contribution >= 0.6 is 0 Å². The fourth-order valence-electron chi connectivity index (χ4n) is 2.95. The maximum atomic E-state index is 12.1. The molecule has 2 N–H and O–H groups in total. The number of oxazole rings is 1. The molecule has 0 fully saturated rings. The van der Waals surface area contributed by atoms with Crippen LogP contribution in [-0.2, 0) is 13.1 Å². The molecule has 9 heteroatoms. The number of rotatable bonds is 5. The molecule has 142 valence electrons. The lowest BCUT2D eigenvalue weighted by atomic mass is 10.3. The summed E-state index contributed by atoms with van der Waals surface area (Å²) in [7, 11) is 0. The zero-order valence-electron chi connectivity index (χ0n) is 15.4. The predicted molar refractivity (Wildman–Crippen MR) is 101 cm³/mol. The molecule has 0 bridgehead atoms. The Morgan fingerprint density at radius 1 is 1.19 bits per heavy atom. The van der Waals surface area contributed by atoms with Gasteiger partial charge in [-0.05, 0) is 39.0 Å². The van der Waals surface area contributed by atoms with E-state index in [1.54, 1.807) is 25.1 Å². The SMILES string of the molecule is CCn1c(=O)oc2cc(NC(=O)NCCn3c(C)cc(C)nc3=O)ccc21. The second-order valence-corrected chi connectivity index (χ2v) is 6.15. The molecule has 0 aliphatic carbocycles. The number of nitrogens with one attached hydrogen (secondary N) is 2. The van der Waals surface area contributed by atoms with Crippen molar-refractivity contribution < 1.29 is 9.21 Å². The van der Waals surface area contributed by atoms with Crippen molar-refractivity contribution in [3.8, 4) is 0 Å². The van der Waals surface area contributed by atoms with E-state index in [0.717, 1.165) is 5.69 Å². The van der Waals surface area contributed by atoms with Crippen LogP contribution in [0.4, 0.5) is 10.5 Å². The summed E-state index contributed by atoms with van der Waals surface area (Å²) in [5.74, 6) is -0.429. The number of aromatic nitrogens is 3. The summed E-state index contributed by atoms with van der Waals surface area (Å²) in [6.07, 6.45) is 0. The highest BCUT2D eigenvalue weighted by Crippen LogP contribution is 2.18. The van der Waals surface area contributed by atoms with Crippen molar-refractivity contribution in [2.24, 2.45) is 0 Å². The molecular formula is C18H21N5O4. The van der Waals surface area contributed by atoms with Gasteiger partial charge < -0.3 is 15.1 Å². The number of fused-ring (bicyclic) bond motifs is 1. The van der Waals surface area contributed by atoms with Gasteiger partial charge in [-0.1, -0.05) is 0 Å². The monoisotopic (exact) mass is 371 g/mol. The number of anilines is 1. The first-order chi connectivity index (χ1) is 12.9. The average Bonchev–Trinajstić information content (AvgIpc) is 2.91. The summed E-state index contributed by atoms with van der Waals surface area (Å²) in [4.78, 5) is 39.6. The molecule has 0 aliphatic heterocycles. The third-order valence-electron chi connectivity index (χ3n) is 4.21. The van der Waals surface area contributed by atoms with Crippen LogP contribution in [0.2, 0.25) is 0 Å². The minimum absolute atomic E-state index is 0.265. The summed E-state index contributed by atoms with van der Waals surface area (Å²) in [5.41, 5.74) is 2.70. The molecule has 0 saturated carbocycles. The molecule has 2 amide bonds. The van der Waals surface area contributed by atoms with E-state index in [1.807, 2.05) is 19.9 Å². The van der Waals surface area contributed by atoms with Gasteiger partial charge in [-0.15, -0.1) is 0 Å². The molecule has 0 aliphatic rings. The molecule has 1 aromatic carbocycles. The van der Waals surface area contributed by atoms with Crippen LogP contribution in [0.5, 0.6) is 0 Å². The van der Waals surface area contributed by atoms with Crippen molar-refractivity contribution >= 4 is 22.8 Å². The molecule has 3 aromatic rings. The molecule has 27 heavy (non-hydrogen) atoms. The standard InChI is InChI=1S/C18H21N5O4/c1-4-22-14-6-5-13(10-15(14)27-18(22)26)21-16(24)19-7-8-23-12(3)9-11(2)20-17(23)25/h5-6,9-10H,4,7-8H2,1-3H3,(H2,19,21,24). The Morgan fingerprint density at radius 2 is 1.96 bits per heavy atom. The number of aryl methyl sites for hydroxylation is 3. The molecule has 0 unspecified atom stereocenters. The van der Waals surface area contributed by atoms with Crippen LogP contribution in [0.3, 0.4) is 0 Å². The highest BCUT2D eigenvalue weighted by molar-refractivity contribution is 5.91. The van der Waals surface area contributed by atoms with Gasteiger partial charge in [0.2, 0.25) is 0 Å². The Balaban J connectivity index is 1.62. The van der Waals surface area contributed by atoms with Crippen LogP contribution in [0, 0.1) is 13.8 Å². The average molecular weight is 371 g/mol. The summed E-state index contributed by atoms with van der Waals surface area (Å²) in [6, 6.07) is 6.41. The number of amides is 2. The lowest BCUT2D eigenvalue weighted by Crippen LogP contribution is -2.35. The fraction of sp³-hybridized carbons (Fsp3) is 0.333. The van der Waals surface area contributed by atoms with Gasteiger partial charge in [0.05, 0.1) is 5.52 Å². The van der Waals surface area contributed by atoms with E-state index in [-0.39, 0.29) is 12.2 Å². The van der Waals surface area contributed by atoms with Crippen LogP contribution in [0.25, 0.3) is 11.1 Å². The molecule has 3 rings (SSSR count). The van der Waals surface area contributed by atoms with Crippen molar-refractivity contribution in [3.63, 3.8) is 0 Å². The molecular weight excluding hydrogens is 350 g/mol. The molecule has 0 saturated heterocycles. The predicted octanol–water partition coefficient (Wildman–Crippen LogP) is 1.61. The molecule has 2 aromatic heterocycles. The zero-order chi connectivity index (χ0) is 19.6. The summed E-state index contributed by atoms with van der Waals surface area (Å²) in [5, 5.41) is 5.37. The van der Waals surface area contributed by atoms with Gasteiger partial charge in [0.25, 0.3) is 0 Å². The second-order valence-electron chi connectivity index (χ2n) is 6.15. The van der Waals surface area contributed by atoms with Crippen LogP contribution < -0.4 is 22.1 Å². The summed E-state index contributed by atoms with van der Waals surface area (Å²) in [6.45, 7) is 6.53. The highest BCUT2D eigenvalue weighted by Gasteiger charge is 2.10. The maximum Gasteiger partial charge on any atom is 0.419 e. The summed E-state index contributed by atoms with van der Waals surface area (Å²) >= 11 is 0. The third-order valence-corrected chi connectivity index (χ3v) is 4.21. The molecule has 0 radical (unpaired) electrons. The Bertz CT molecular complexity index is 1110. The molecule has 0 atom stereocenters. The third kappa shape index (κ3) is 3.91. The summed E-state index contributed by atoms with van der Waals surface area (Å²) < 4.78 is 8.19.